The van der Waals surface area contributed by atoms with Crippen LogP contribution in [0, 0.1) is 11.8 Å². The van der Waals surface area contributed by atoms with Gasteiger partial charge in [0, 0.05) is 12.5 Å². The number of carbonyl (C=O) groups excluding carboxylic acids is 2. The lowest BCUT2D eigenvalue weighted by Crippen LogP contribution is -2.35. The average Bonchev–Trinajstić information content (AvgIpc) is 2.46. The molecular weight excluding hydrogens is 290 g/mol. The highest BCUT2D eigenvalue weighted by Crippen LogP contribution is 2.30. The zero-order chi connectivity index (χ0) is 17.3. The average molecular weight is 325 g/mol. The molecule has 1 saturated carbocycles. The van der Waals surface area contributed by atoms with Crippen LogP contribution in [-0.2, 0) is 14.3 Å². The molecule has 1 atom stereocenters. The molecular formula is C19H35NO3. The maximum Gasteiger partial charge on any atom is 0.307 e. The van der Waals surface area contributed by atoms with Crippen molar-refractivity contribution in [2.75, 3.05) is 6.54 Å². The largest absolute Gasteiger partial charge is 0.460 e. The summed E-state index contributed by atoms with van der Waals surface area (Å²) in [5.41, 5.74) is -0.495. The molecule has 23 heavy (non-hydrogen) atoms. The van der Waals surface area contributed by atoms with Gasteiger partial charge in [0.1, 0.15) is 5.60 Å². The smallest absolute Gasteiger partial charge is 0.307 e. The number of hydrogen-bond acceptors (Lipinski definition) is 3. The first-order valence-electron chi connectivity index (χ1n) is 9.31. The van der Waals surface area contributed by atoms with E-state index in [4.69, 9.17) is 4.74 Å². The van der Waals surface area contributed by atoms with Crippen LogP contribution in [0.1, 0.15) is 85.5 Å². The van der Waals surface area contributed by atoms with Crippen LogP contribution < -0.4 is 5.32 Å². The molecule has 1 amide bonds. The summed E-state index contributed by atoms with van der Waals surface area (Å²) in [6, 6.07) is 0. The number of ether oxygens (including phenoxy) is 1. The summed E-state index contributed by atoms with van der Waals surface area (Å²) in [5.74, 6) is 0.0942. The Morgan fingerprint density at radius 2 is 1.83 bits per heavy atom. The van der Waals surface area contributed by atoms with Crippen LogP contribution in [0.3, 0.4) is 0 Å². The number of amides is 1. The summed E-state index contributed by atoms with van der Waals surface area (Å²) < 4.78 is 5.41. The van der Waals surface area contributed by atoms with Crippen molar-refractivity contribution in [2.24, 2.45) is 11.8 Å². The fraction of sp³-hybridized carbons (Fsp3) is 0.895. The third kappa shape index (κ3) is 8.97. The van der Waals surface area contributed by atoms with Gasteiger partial charge in [-0.05, 0) is 39.5 Å². The highest BCUT2D eigenvalue weighted by molar-refractivity contribution is 5.83. The number of rotatable bonds is 8. The van der Waals surface area contributed by atoms with E-state index in [0.717, 1.165) is 19.3 Å². The van der Waals surface area contributed by atoms with Gasteiger partial charge in [-0.25, -0.2) is 0 Å². The van der Waals surface area contributed by atoms with E-state index in [2.05, 4.69) is 12.2 Å². The Morgan fingerprint density at radius 3 is 2.39 bits per heavy atom. The Hall–Kier alpha value is -1.06. The van der Waals surface area contributed by atoms with Gasteiger partial charge < -0.3 is 10.1 Å². The van der Waals surface area contributed by atoms with Gasteiger partial charge in [0.05, 0.1) is 6.42 Å². The lowest BCUT2D eigenvalue weighted by atomic mass is 9.81. The molecule has 1 fully saturated rings. The lowest BCUT2D eigenvalue weighted by Gasteiger charge is -2.27. The molecule has 0 aromatic heterocycles. The van der Waals surface area contributed by atoms with Crippen molar-refractivity contribution in [3.63, 3.8) is 0 Å². The first kappa shape index (κ1) is 20.0. The van der Waals surface area contributed by atoms with E-state index in [9.17, 15) is 9.59 Å². The zero-order valence-electron chi connectivity index (χ0n) is 15.5. The summed E-state index contributed by atoms with van der Waals surface area (Å²) in [7, 11) is 0. The molecule has 0 aliphatic heterocycles. The summed E-state index contributed by atoms with van der Waals surface area (Å²) >= 11 is 0. The Morgan fingerprint density at radius 1 is 1.17 bits per heavy atom. The van der Waals surface area contributed by atoms with E-state index in [-0.39, 0.29) is 24.2 Å². The highest BCUT2D eigenvalue weighted by Gasteiger charge is 2.28. The van der Waals surface area contributed by atoms with Gasteiger partial charge in [-0.3, -0.25) is 9.59 Å². The van der Waals surface area contributed by atoms with Crippen molar-refractivity contribution in [2.45, 2.75) is 91.1 Å². The van der Waals surface area contributed by atoms with Crippen molar-refractivity contribution in [1.82, 2.24) is 5.32 Å². The maximum atomic E-state index is 12.5. The molecule has 0 radical (unpaired) electrons. The molecule has 134 valence electrons. The standard InChI is InChI=1S/C19H35NO3/c1-5-6-12-20-18(22)16(13-15-10-8-7-9-11-15)14-17(21)23-19(2,3)4/h15-16H,5-14H2,1-4H3,(H,20,22)/t16-/m1/s1. The van der Waals surface area contributed by atoms with Crippen molar-refractivity contribution in [1.29, 1.82) is 0 Å². The summed E-state index contributed by atoms with van der Waals surface area (Å²) in [5, 5.41) is 2.99. The molecule has 0 saturated heterocycles. The second-order valence-electron chi connectivity index (χ2n) is 7.87. The van der Waals surface area contributed by atoms with Gasteiger partial charge in [0.2, 0.25) is 5.91 Å². The van der Waals surface area contributed by atoms with Crippen LogP contribution in [0.2, 0.25) is 0 Å². The second-order valence-corrected chi connectivity index (χ2v) is 7.87. The maximum absolute atomic E-state index is 12.5. The Balaban J connectivity index is 2.58. The number of hydrogen-bond donors (Lipinski definition) is 1. The lowest BCUT2D eigenvalue weighted by molar-refractivity contribution is -0.157. The Bertz CT molecular complexity index is 367. The molecule has 1 aliphatic carbocycles. The minimum absolute atomic E-state index is 0.0230. The monoisotopic (exact) mass is 325 g/mol. The normalized spacial score (nSPS) is 17.6. The third-order valence-electron chi connectivity index (χ3n) is 4.38. The van der Waals surface area contributed by atoms with Crippen molar-refractivity contribution in [3.8, 4) is 0 Å². The molecule has 1 aliphatic rings. The van der Waals surface area contributed by atoms with Gasteiger partial charge in [0.25, 0.3) is 0 Å². The Kier molecular flexibility index (Phi) is 8.64. The molecule has 1 rings (SSSR count). The van der Waals surface area contributed by atoms with E-state index in [1.54, 1.807) is 0 Å². The number of unbranched alkanes of at least 4 members (excludes halogenated alkanes) is 1. The van der Waals surface area contributed by atoms with Crippen LogP contribution in [0.15, 0.2) is 0 Å². The third-order valence-corrected chi connectivity index (χ3v) is 4.38. The fourth-order valence-electron chi connectivity index (χ4n) is 3.23. The van der Waals surface area contributed by atoms with E-state index < -0.39 is 5.60 Å². The molecule has 0 heterocycles. The van der Waals surface area contributed by atoms with E-state index >= 15 is 0 Å². The summed E-state index contributed by atoms with van der Waals surface area (Å²) in [6.45, 7) is 8.39. The van der Waals surface area contributed by atoms with E-state index in [0.29, 0.717) is 12.5 Å². The van der Waals surface area contributed by atoms with Crippen LogP contribution >= 0.6 is 0 Å². The molecule has 4 nitrogen and oxygen atoms in total. The highest BCUT2D eigenvalue weighted by atomic mass is 16.6. The minimum atomic E-state index is -0.495. The molecule has 1 N–H and O–H groups in total. The predicted molar refractivity (Wildman–Crippen MR) is 93.1 cm³/mol. The van der Waals surface area contributed by atoms with Crippen LogP contribution in [-0.4, -0.2) is 24.0 Å². The van der Waals surface area contributed by atoms with Crippen LogP contribution in [0.5, 0.6) is 0 Å². The van der Waals surface area contributed by atoms with Crippen molar-refractivity contribution in [3.05, 3.63) is 0 Å². The number of esters is 1. The number of nitrogens with one attached hydrogen (secondary N) is 1. The fourth-order valence-corrected chi connectivity index (χ4v) is 3.23. The first-order valence-corrected chi connectivity index (χ1v) is 9.31. The van der Waals surface area contributed by atoms with Crippen molar-refractivity contribution < 1.29 is 14.3 Å². The molecule has 0 bridgehead atoms. The molecule has 0 aromatic rings. The Labute approximate surface area is 141 Å². The van der Waals surface area contributed by atoms with E-state index in [1.807, 2.05) is 20.8 Å². The van der Waals surface area contributed by atoms with Crippen molar-refractivity contribution >= 4 is 11.9 Å². The van der Waals surface area contributed by atoms with Gasteiger partial charge in [0.15, 0.2) is 0 Å². The first-order chi connectivity index (χ1) is 10.8. The van der Waals surface area contributed by atoms with E-state index in [1.165, 1.54) is 32.1 Å². The zero-order valence-corrected chi connectivity index (χ0v) is 15.5. The predicted octanol–water partition coefficient (Wildman–Crippen LogP) is 4.22. The second kappa shape index (κ2) is 9.94. The minimum Gasteiger partial charge on any atom is -0.460 e. The summed E-state index contributed by atoms with van der Waals surface area (Å²) in [6.07, 6.45) is 9.23. The van der Waals surface area contributed by atoms with Crippen LogP contribution in [0.25, 0.3) is 0 Å². The molecule has 0 spiro atoms. The quantitative estimate of drug-likeness (QED) is 0.537. The van der Waals surface area contributed by atoms with Gasteiger partial charge in [-0.1, -0.05) is 45.4 Å². The van der Waals surface area contributed by atoms with Crippen LogP contribution in [0.4, 0.5) is 0 Å². The molecule has 0 aromatic carbocycles. The SMILES string of the molecule is CCCCNC(=O)[C@@H](CC(=O)OC(C)(C)C)CC1CCCCC1. The number of carbonyl (C=O) groups is 2. The van der Waals surface area contributed by atoms with Gasteiger partial charge >= 0.3 is 5.97 Å². The molecule has 0 unspecified atom stereocenters. The topological polar surface area (TPSA) is 55.4 Å². The molecule has 4 heteroatoms. The summed E-state index contributed by atoms with van der Waals surface area (Å²) in [4.78, 5) is 24.6. The van der Waals surface area contributed by atoms with Gasteiger partial charge in [-0.15, -0.1) is 0 Å². The van der Waals surface area contributed by atoms with Gasteiger partial charge in [-0.2, -0.15) is 0 Å².